The summed E-state index contributed by atoms with van der Waals surface area (Å²) in [5, 5.41) is 9.27. The molecule has 1 aliphatic carbocycles. The molecule has 1 fully saturated rings. The third kappa shape index (κ3) is 4.18. The summed E-state index contributed by atoms with van der Waals surface area (Å²) in [4.78, 5) is 15.9. The number of anilines is 1. The smallest absolute Gasteiger partial charge is 0.337 e. The fraction of sp³-hybridized carbons (Fsp3) is 0.174. The van der Waals surface area contributed by atoms with Crippen LogP contribution < -0.4 is 4.72 Å². The van der Waals surface area contributed by atoms with Gasteiger partial charge in [-0.3, -0.25) is 9.71 Å². The van der Waals surface area contributed by atoms with E-state index in [0.717, 1.165) is 12.8 Å². The standard InChI is InChI=1S/C23H18FN3O4S/c1-31-23(28)16-7-9-17(15-5-6-15)21(12-16)32(29,30)27-20-11-14(13-25)4-8-18(20)22-19(24)3-2-10-26-22/h2-4,7-12,15,27H,5-6H2,1H3. The van der Waals surface area contributed by atoms with Crippen molar-refractivity contribution in [1.82, 2.24) is 4.98 Å². The number of aromatic nitrogens is 1. The molecular formula is C23H18FN3O4S. The highest BCUT2D eigenvalue weighted by Gasteiger charge is 2.32. The van der Waals surface area contributed by atoms with Crippen molar-refractivity contribution < 1.29 is 22.3 Å². The van der Waals surface area contributed by atoms with Crippen LogP contribution in [0.1, 0.15) is 40.2 Å². The fourth-order valence-electron chi connectivity index (χ4n) is 3.43. The van der Waals surface area contributed by atoms with E-state index < -0.39 is 21.8 Å². The van der Waals surface area contributed by atoms with Crippen molar-refractivity contribution in [1.29, 1.82) is 5.26 Å². The van der Waals surface area contributed by atoms with Gasteiger partial charge in [0.2, 0.25) is 0 Å². The first-order valence-electron chi connectivity index (χ1n) is 9.74. The van der Waals surface area contributed by atoms with E-state index in [1.807, 2.05) is 6.07 Å². The zero-order valence-electron chi connectivity index (χ0n) is 17.0. The molecule has 0 unspecified atom stereocenters. The minimum absolute atomic E-state index is 0.00636. The molecule has 1 aromatic heterocycles. The Hall–Kier alpha value is -3.77. The van der Waals surface area contributed by atoms with Crippen molar-refractivity contribution in [3.8, 4) is 17.3 Å². The number of halogens is 1. The Bertz CT molecular complexity index is 1360. The molecule has 1 heterocycles. The van der Waals surface area contributed by atoms with E-state index in [1.54, 1.807) is 6.07 Å². The first-order valence-corrected chi connectivity index (χ1v) is 11.2. The molecule has 0 saturated heterocycles. The van der Waals surface area contributed by atoms with Crippen LogP contribution >= 0.6 is 0 Å². The van der Waals surface area contributed by atoms with Crippen molar-refractivity contribution in [2.75, 3.05) is 11.8 Å². The van der Waals surface area contributed by atoms with E-state index in [0.29, 0.717) is 5.56 Å². The monoisotopic (exact) mass is 451 g/mol. The Labute approximate surface area is 184 Å². The van der Waals surface area contributed by atoms with Crippen LogP contribution in [0, 0.1) is 17.1 Å². The number of nitrogens with one attached hydrogen (secondary N) is 1. The summed E-state index contributed by atoms with van der Waals surface area (Å²) >= 11 is 0. The van der Waals surface area contributed by atoms with Crippen molar-refractivity contribution in [3.63, 3.8) is 0 Å². The second-order valence-corrected chi connectivity index (χ2v) is 8.98. The van der Waals surface area contributed by atoms with E-state index in [2.05, 4.69) is 9.71 Å². The number of rotatable bonds is 6. The summed E-state index contributed by atoms with van der Waals surface area (Å²) < 4.78 is 48.4. The average molecular weight is 451 g/mol. The Morgan fingerprint density at radius 3 is 2.66 bits per heavy atom. The summed E-state index contributed by atoms with van der Waals surface area (Å²) in [7, 11) is -2.99. The Morgan fingerprint density at radius 2 is 2.00 bits per heavy atom. The lowest BCUT2D eigenvalue weighted by molar-refractivity contribution is 0.0600. The molecule has 7 nitrogen and oxygen atoms in total. The van der Waals surface area contributed by atoms with Gasteiger partial charge in [0.1, 0.15) is 11.5 Å². The number of pyridine rings is 1. The van der Waals surface area contributed by atoms with Gasteiger partial charge in [-0.25, -0.2) is 17.6 Å². The number of hydrogen-bond acceptors (Lipinski definition) is 6. The minimum atomic E-state index is -4.20. The van der Waals surface area contributed by atoms with Gasteiger partial charge in [-0.15, -0.1) is 0 Å². The first-order chi connectivity index (χ1) is 15.3. The second kappa shape index (κ2) is 8.40. The molecule has 32 heavy (non-hydrogen) atoms. The molecule has 0 atom stereocenters. The van der Waals surface area contributed by atoms with Crippen LogP contribution in [0.15, 0.2) is 59.6 Å². The van der Waals surface area contributed by atoms with Gasteiger partial charge in [0.15, 0.2) is 0 Å². The summed E-state index contributed by atoms with van der Waals surface area (Å²) in [5.74, 6) is -1.22. The molecule has 0 bridgehead atoms. The van der Waals surface area contributed by atoms with Gasteiger partial charge < -0.3 is 4.74 Å². The number of nitrogens with zero attached hydrogens (tertiary/aromatic N) is 2. The summed E-state index contributed by atoms with van der Waals surface area (Å²) in [6.45, 7) is 0. The van der Waals surface area contributed by atoms with Crippen molar-refractivity contribution in [2.24, 2.45) is 0 Å². The van der Waals surface area contributed by atoms with Gasteiger partial charge in [-0.05, 0) is 66.8 Å². The predicted octanol–water partition coefficient (Wildman–Crippen LogP) is 4.22. The lowest BCUT2D eigenvalue weighted by Crippen LogP contribution is -2.17. The Balaban J connectivity index is 1.83. The van der Waals surface area contributed by atoms with Crippen LogP contribution in [0.2, 0.25) is 0 Å². The van der Waals surface area contributed by atoms with Crippen molar-refractivity contribution in [2.45, 2.75) is 23.7 Å². The maximum Gasteiger partial charge on any atom is 0.337 e. The number of sulfonamides is 1. The summed E-state index contributed by atoms with van der Waals surface area (Å²) in [6, 6.07) is 13.2. The number of esters is 1. The van der Waals surface area contributed by atoms with Gasteiger partial charge >= 0.3 is 5.97 Å². The minimum Gasteiger partial charge on any atom is -0.465 e. The summed E-state index contributed by atoms with van der Waals surface area (Å²) in [5.41, 5.74) is 1.01. The number of carbonyl (C=O) groups is 1. The normalized spacial score (nSPS) is 13.3. The largest absolute Gasteiger partial charge is 0.465 e. The number of hydrogen-bond donors (Lipinski definition) is 1. The molecule has 9 heteroatoms. The lowest BCUT2D eigenvalue weighted by Gasteiger charge is -2.16. The van der Waals surface area contributed by atoms with Crippen LogP contribution in [0.5, 0.6) is 0 Å². The molecule has 1 N–H and O–H groups in total. The number of ether oxygens (including phenoxy) is 1. The third-order valence-corrected chi connectivity index (χ3v) is 6.57. The van der Waals surface area contributed by atoms with Crippen molar-refractivity contribution in [3.05, 3.63) is 77.2 Å². The molecular weight excluding hydrogens is 433 g/mol. The maximum atomic E-state index is 14.4. The third-order valence-electron chi connectivity index (χ3n) is 5.15. The van der Waals surface area contributed by atoms with Crippen LogP contribution in [-0.4, -0.2) is 26.5 Å². The molecule has 2 aromatic carbocycles. The van der Waals surface area contributed by atoms with Gasteiger partial charge in [0.05, 0.1) is 34.9 Å². The molecule has 0 aliphatic heterocycles. The van der Waals surface area contributed by atoms with Gasteiger partial charge in [0, 0.05) is 11.8 Å². The van der Waals surface area contributed by atoms with Crippen LogP contribution in [0.25, 0.3) is 11.3 Å². The quantitative estimate of drug-likeness (QED) is 0.562. The SMILES string of the molecule is COC(=O)c1ccc(C2CC2)c(S(=O)(=O)Nc2cc(C#N)ccc2-c2ncccc2F)c1. The number of nitriles is 1. The van der Waals surface area contributed by atoms with Crippen molar-refractivity contribution >= 4 is 21.7 Å². The predicted molar refractivity (Wildman–Crippen MR) is 115 cm³/mol. The molecule has 0 radical (unpaired) electrons. The molecule has 1 aliphatic rings. The highest BCUT2D eigenvalue weighted by Crippen LogP contribution is 2.43. The summed E-state index contributed by atoms with van der Waals surface area (Å²) in [6.07, 6.45) is 3.07. The fourth-order valence-corrected chi connectivity index (χ4v) is 4.83. The maximum absolute atomic E-state index is 14.4. The van der Waals surface area contributed by atoms with Gasteiger partial charge in [-0.2, -0.15) is 5.26 Å². The highest BCUT2D eigenvalue weighted by atomic mass is 32.2. The molecule has 162 valence electrons. The molecule has 3 aromatic rings. The van der Waals surface area contributed by atoms with Gasteiger partial charge in [-0.1, -0.05) is 6.07 Å². The van der Waals surface area contributed by atoms with Crippen LogP contribution in [-0.2, 0) is 14.8 Å². The van der Waals surface area contributed by atoms with E-state index in [-0.39, 0.29) is 38.9 Å². The first kappa shape index (κ1) is 21.5. The van der Waals surface area contributed by atoms with E-state index in [9.17, 15) is 22.9 Å². The Kier molecular flexibility index (Phi) is 5.63. The van der Waals surface area contributed by atoms with Gasteiger partial charge in [0.25, 0.3) is 10.0 Å². The lowest BCUT2D eigenvalue weighted by atomic mass is 10.1. The van der Waals surface area contributed by atoms with E-state index >= 15 is 0 Å². The molecule has 4 rings (SSSR count). The second-order valence-electron chi connectivity index (χ2n) is 7.33. The number of benzene rings is 2. The van der Waals surface area contributed by atoms with Crippen LogP contribution in [0.3, 0.4) is 0 Å². The zero-order chi connectivity index (χ0) is 22.9. The van der Waals surface area contributed by atoms with Crippen LogP contribution in [0.4, 0.5) is 10.1 Å². The molecule has 0 amide bonds. The van der Waals surface area contributed by atoms with E-state index in [4.69, 9.17) is 4.74 Å². The number of carbonyl (C=O) groups excluding carboxylic acids is 1. The Morgan fingerprint density at radius 1 is 1.22 bits per heavy atom. The number of methoxy groups -OCH3 is 1. The van der Waals surface area contributed by atoms with E-state index in [1.165, 1.54) is 55.8 Å². The molecule has 0 spiro atoms. The zero-order valence-corrected chi connectivity index (χ0v) is 17.8. The molecule has 1 saturated carbocycles. The highest BCUT2D eigenvalue weighted by molar-refractivity contribution is 7.92. The topological polar surface area (TPSA) is 109 Å². The average Bonchev–Trinajstić information content (AvgIpc) is 3.64.